The number of hydrogen-bond donors (Lipinski definition) is 0. The lowest BCUT2D eigenvalue weighted by molar-refractivity contribution is -0.137. The number of thiophene rings is 1. The molecule has 124 valence electrons. The maximum absolute atomic E-state index is 11.3. The van der Waals surface area contributed by atoms with Crippen LogP contribution in [-0.2, 0) is 9.53 Å². The Morgan fingerprint density at radius 1 is 1.09 bits per heavy atom. The lowest BCUT2D eigenvalue weighted by Crippen LogP contribution is -1.99. The van der Waals surface area contributed by atoms with Crippen LogP contribution in [0.1, 0.15) is 41.7 Å². The van der Waals surface area contributed by atoms with Gasteiger partial charge >= 0.3 is 5.97 Å². The zero-order valence-corrected chi connectivity index (χ0v) is 15.7. The van der Waals surface area contributed by atoms with Gasteiger partial charge in [0.05, 0.1) is 6.61 Å². The van der Waals surface area contributed by atoms with E-state index in [1.165, 1.54) is 27.0 Å². The molecule has 0 spiro atoms. The van der Waals surface area contributed by atoms with Gasteiger partial charge in [-0.2, -0.15) is 0 Å². The second-order valence-electron chi connectivity index (χ2n) is 5.50. The number of esters is 1. The Labute approximate surface area is 143 Å². The number of ether oxygens (including phenoxy) is 1. The highest BCUT2D eigenvalue weighted by Crippen LogP contribution is 2.27. The maximum Gasteiger partial charge on any atom is 0.330 e. The molecule has 0 aromatic carbocycles. The number of carbonyl (C=O) groups is 1. The Kier molecular flexibility index (Phi) is 7.76. The Bertz CT molecular complexity index is 670. The molecule has 1 aromatic heterocycles. The van der Waals surface area contributed by atoms with Gasteiger partial charge in [0.1, 0.15) is 0 Å². The van der Waals surface area contributed by atoms with Crippen molar-refractivity contribution in [2.45, 2.75) is 41.5 Å². The van der Waals surface area contributed by atoms with Crippen LogP contribution in [0.4, 0.5) is 0 Å². The zero-order valence-electron chi connectivity index (χ0n) is 14.9. The molecule has 2 nitrogen and oxygen atoms in total. The average molecular weight is 330 g/mol. The molecule has 0 fully saturated rings. The molecule has 0 saturated carbocycles. The van der Waals surface area contributed by atoms with Crippen LogP contribution in [0.15, 0.2) is 41.5 Å². The smallest absolute Gasteiger partial charge is 0.330 e. The predicted octanol–water partition coefficient (Wildman–Crippen LogP) is 5.70. The SMILES string of the molecule is CCOC(=O)C=C(C)/C=C/C=C(C)C=Cc1c(C)sc(C)c1C. The summed E-state index contributed by atoms with van der Waals surface area (Å²) in [4.78, 5) is 14.1. The summed E-state index contributed by atoms with van der Waals surface area (Å²) < 4.78 is 4.88. The first-order valence-electron chi connectivity index (χ1n) is 7.79. The van der Waals surface area contributed by atoms with E-state index < -0.39 is 0 Å². The van der Waals surface area contributed by atoms with Crippen LogP contribution in [0, 0.1) is 20.8 Å². The summed E-state index contributed by atoms with van der Waals surface area (Å²) in [6, 6.07) is 0. The molecule has 0 bridgehead atoms. The highest BCUT2D eigenvalue weighted by Gasteiger charge is 2.05. The number of hydrogen-bond acceptors (Lipinski definition) is 3. The van der Waals surface area contributed by atoms with Crippen LogP contribution >= 0.6 is 11.3 Å². The number of aryl methyl sites for hydroxylation is 2. The first kappa shape index (κ1) is 19.2. The number of allylic oxidation sites excluding steroid dienone is 6. The fourth-order valence-electron chi connectivity index (χ4n) is 2.10. The third-order valence-electron chi connectivity index (χ3n) is 3.48. The van der Waals surface area contributed by atoms with Gasteiger partial charge in [-0.25, -0.2) is 4.79 Å². The van der Waals surface area contributed by atoms with Gasteiger partial charge in [-0.05, 0) is 58.2 Å². The quantitative estimate of drug-likeness (QED) is 0.380. The standard InChI is InChI=1S/C20H26O2S/c1-7-22-20(21)13-15(3)10-8-9-14(2)11-12-19-16(4)17(5)23-18(19)6/h8-13H,7H2,1-6H3/b10-8+,12-11?,14-9?,15-13?. The van der Waals surface area contributed by atoms with Crippen LogP contribution in [0.2, 0.25) is 0 Å². The van der Waals surface area contributed by atoms with E-state index in [4.69, 9.17) is 4.74 Å². The van der Waals surface area contributed by atoms with Gasteiger partial charge in [0, 0.05) is 15.8 Å². The Balaban J connectivity index is 2.72. The summed E-state index contributed by atoms with van der Waals surface area (Å²) in [6.07, 6.45) is 11.7. The third-order valence-corrected chi connectivity index (χ3v) is 4.62. The van der Waals surface area contributed by atoms with Gasteiger partial charge in [0.25, 0.3) is 0 Å². The first-order chi connectivity index (χ1) is 10.8. The van der Waals surface area contributed by atoms with Crippen LogP contribution in [-0.4, -0.2) is 12.6 Å². The summed E-state index contributed by atoms with van der Waals surface area (Å²) in [5.41, 5.74) is 4.72. The second-order valence-corrected chi connectivity index (χ2v) is 6.93. The van der Waals surface area contributed by atoms with Crippen molar-refractivity contribution in [2.75, 3.05) is 6.61 Å². The minimum Gasteiger partial charge on any atom is -0.463 e. The van der Waals surface area contributed by atoms with Gasteiger partial charge in [0.15, 0.2) is 0 Å². The summed E-state index contributed by atoms with van der Waals surface area (Å²) in [6.45, 7) is 12.6. The van der Waals surface area contributed by atoms with Crippen molar-refractivity contribution in [3.63, 3.8) is 0 Å². The van der Waals surface area contributed by atoms with Crippen LogP contribution in [0.5, 0.6) is 0 Å². The lowest BCUT2D eigenvalue weighted by atomic mass is 10.1. The molecule has 0 unspecified atom stereocenters. The minimum atomic E-state index is -0.297. The molecule has 3 heteroatoms. The van der Waals surface area contributed by atoms with Gasteiger partial charge in [-0.15, -0.1) is 11.3 Å². The van der Waals surface area contributed by atoms with Crippen molar-refractivity contribution < 1.29 is 9.53 Å². The van der Waals surface area contributed by atoms with E-state index in [0.717, 1.165) is 11.1 Å². The van der Waals surface area contributed by atoms with E-state index in [9.17, 15) is 4.79 Å². The van der Waals surface area contributed by atoms with Crippen LogP contribution < -0.4 is 0 Å². The molecule has 0 aliphatic rings. The Morgan fingerprint density at radius 2 is 1.78 bits per heavy atom. The molecule has 0 radical (unpaired) electrons. The third kappa shape index (κ3) is 6.41. The van der Waals surface area contributed by atoms with Crippen molar-refractivity contribution in [1.29, 1.82) is 0 Å². The van der Waals surface area contributed by atoms with E-state index in [2.05, 4.69) is 39.8 Å². The van der Waals surface area contributed by atoms with Gasteiger partial charge in [-0.1, -0.05) is 36.0 Å². The highest BCUT2D eigenvalue weighted by atomic mass is 32.1. The van der Waals surface area contributed by atoms with E-state index in [1.807, 2.05) is 36.5 Å². The predicted molar refractivity (Wildman–Crippen MR) is 101 cm³/mol. The summed E-state index contributed by atoms with van der Waals surface area (Å²) in [5, 5.41) is 0. The zero-order chi connectivity index (χ0) is 17.4. The Hall–Kier alpha value is -1.87. The Morgan fingerprint density at radius 3 is 2.35 bits per heavy atom. The average Bonchev–Trinajstić information content (AvgIpc) is 2.70. The number of rotatable bonds is 6. The normalized spacial score (nSPS) is 13.3. The molecule has 0 saturated heterocycles. The van der Waals surface area contributed by atoms with E-state index >= 15 is 0 Å². The summed E-state index contributed by atoms with van der Waals surface area (Å²) >= 11 is 1.84. The number of carbonyl (C=O) groups excluding carboxylic acids is 1. The molecule has 23 heavy (non-hydrogen) atoms. The molecule has 0 amide bonds. The molecule has 1 rings (SSSR count). The van der Waals surface area contributed by atoms with Crippen molar-refractivity contribution >= 4 is 23.4 Å². The van der Waals surface area contributed by atoms with Gasteiger partial charge in [0.2, 0.25) is 0 Å². The van der Waals surface area contributed by atoms with Crippen molar-refractivity contribution in [2.24, 2.45) is 0 Å². The van der Waals surface area contributed by atoms with Gasteiger partial charge < -0.3 is 4.74 Å². The molecule has 0 aliphatic carbocycles. The molecule has 1 aromatic rings. The monoisotopic (exact) mass is 330 g/mol. The summed E-state index contributed by atoms with van der Waals surface area (Å²) in [7, 11) is 0. The lowest BCUT2D eigenvalue weighted by Gasteiger charge is -1.96. The first-order valence-corrected chi connectivity index (χ1v) is 8.61. The molecular formula is C20H26O2S. The maximum atomic E-state index is 11.3. The van der Waals surface area contributed by atoms with E-state index in [0.29, 0.717) is 6.61 Å². The van der Waals surface area contributed by atoms with E-state index in [-0.39, 0.29) is 5.97 Å². The molecule has 0 N–H and O–H groups in total. The fourth-order valence-corrected chi connectivity index (χ4v) is 3.15. The van der Waals surface area contributed by atoms with Crippen molar-refractivity contribution in [1.82, 2.24) is 0 Å². The van der Waals surface area contributed by atoms with Crippen molar-refractivity contribution in [3.8, 4) is 0 Å². The largest absolute Gasteiger partial charge is 0.463 e. The second kappa shape index (κ2) is 9.31. The minimum absolute atomic E-state index is 0.297. The van der Waals surface area contributed by atoms with Crippen LogP contribution in [0.25, 0.3) is 6.08 Å². The molecule has 0 aliphatic heterocycles. The summed E-state index contributed by atoms with van der Waals surface area (Å²) in [5.74, 6) is -0.297. The van der Waals surface area contributed by atoms with E-state index in [1.54, 1.807) is 6.92 Å². The topological polar surface area (TPSA) is 26.3 Å². The van der Waals surface area contributed by atoms with Crippen LogP contribution in [0.3, 0.4) is 0 Å². The molecular weight excluding hydrogens is 304 g/mol. The fraction of sp³-hybridized carbons (Fsp3) is 0.350. The molecule has 0 atom stereocenters. The van der Waals surface area contributed by atoms with Gasteiger partial charge in [-0.3, -0.25) is 0 Å². The molecule has 1 heterocycles. The highest BCUT2D eigenvalue weighted by molar-refractivity contribution is 7.12. The van der Waals surface area contributed by atoms with Crippen molar-refractivity contribution in [3.05, 3.63) is 62.4 Å².